The van der Waals surface area contributed by atoms with Crippen molar-refractivity contribution >= 4 is 16.7 Å². The number of carbonyl (C=O) groups is 1. The molecule has 0 atom stereocenters. The number of benzene rings is 3. The number of halogens is 5. The number of esters is 1. The van der Waals surface area contributed by atoms with Gasteiger partial charge in [0, 0.05) is 10.8 Å². The zero-order valence-corrected chi connectivity index (χ0v) is 19.9. The van der Waals surface area contributed by atoms with Crippen LogP contribution in [0.3, 0.4) is 0 Å². The molecule has 0 radical (unpaired) electrons. The van der Waals surface area contributed by atoms with Gasteiger partial charge in [-0.1, -0.05) is 36.4 Å². The summed E-state index contributed by atoms with van der Waals surface area (Å²) in [7, 11) is 0. The Bertz CT molecular complexity index is 1290. The van der Waals surface area contributed by atoms with Crippen molar-refractivity contribution in [1.82, 2.24) is 0 Å². The van der Waals surface area contributed by atoms with E-state index in [4.69, 9.17) is 14.2 Å². The number of hydrogen-bond donors (Lipinski definition) is 0. The summed E-state index contributed by atoms with van der Waals surface area (Å²) < 4.78 is 85.7. The first-order valence-corrected chi connectivity index (χ1v) is 12.0. The van der Waals surface area contributed by atoms with E-state index in [0.717, 1.165) is 32.1 Å². The third-order valence-corrected chi connectivity index (χ3v) is 6.03. The van der Waals surface area contributed by atoms with E-state index in [0.29, 0.717) is 29.5 Å². The highest BCUT2D eigenvalue weighted by Gasteiger charge is 2.27. The predicted octanol–water partition coefficient (Wildman–Crippen LogP) is 7.56. The van der Waals surface area contributed by atoms with Crippen LogP contribution < -0.4 is 9.47 Å². The van der Waals surface area contributed by atoms with E-state index >= 15 is 0 Å². The van der Waals surface area contributed by atoms with Crippen LogP contribution in [0.2, 0.25) is 0 Å². The maximum Gasteiger partial charge on any atom is 0.342 e. The lowest BCUT2D eigenvalue weighted by atomic mass is 10.0. The van der Waals surface area contributed by atoms with Crippen molar-refractivity contribution in [1.29, 1.82) is 0 Å². The fourth-order valence-corrected chi connectivity index (χ4v) is 4.06. The lowest BCUT2D eigenvalue weighted by Crippen LogP contribution is -2.13. The number of rotatable bonds is 3. The van der Waals surface area contributed by atoms with E-state index in [1.54, 1.807) is 12.1 Å². The molecule has 0 aliphatic carbocycles. The van der Waals surface area contributed by atoms with Crippen LogP contribution >= 0.6 is 0 Å². The van der Waals surface area contributed by atoms with Crippen molar-refractivity contribution in [3.05, 3.63) is 82.7 Å². The monoisotopic (exact) mass is 520 g/mol. The molecule has 3 aromatic rings. The van der Waals surface area contributed by atoms with E-state index in [9.17, 15) is 26.7 Å². The second-order valence-corrected chi connectivity index (χ2v) is 8.58. The van der Waals surface area contributed by atoms with Crippen molar-refractivity contribution in [2.75, 3.05) is 13.2 Å². The number of hydrogen-bond acceptors (Lipinski definition) is 4. The van der Waals surface area contributed by atoms with Gasteiger partial charge in [-0.05, 0) is 44.6 Å². The molecule has 2 bridgehead atoms. The zero-order valence-electron chi connectivity index (χ0n) is 19.9. The van der Waals surface area contributed by atoms with Crippen molar-refractivity contribution in [3.63, 3.8) is 0 Å². The van der Waals surface area contributed by atoms with Crippen LogP contribution in [-0.4, -0.2) is 19.2 Å². The lowest BCUT2D eigenvalue weighted by Gasteiger charge is -2.18. The molecule has 0 N–H and O–H groups in total. The Balaban J connectivity index is 1.69. The van der Waals surface area contributed by atoms with Crippen LogP contribution in [-0.2, 0) is 11.3 Å². The summed E-state index contributed by atoms with van der Waals surface area (Å²) in [6.07, 6.45) is 9.35. The third-order valence-electron chi connectivity index (χ3n) is 6.03. The van der Waals surface area contributed by atoms with Gasteiger partial charge >= 0.3 is 5.97 Å². The first kappa shape index (κ1) is 26.4. The van der Waals surface area contributed by atoms with Crippen molar-refractivity contribution in [2.24, 2.45) is 0 Å². The van der Waals surface area contributed by atoms with Gasteiger partial charge in [0.15, 0.2) is 23.3 Å². The zero-order chi connectivity index (χ0) is 26.4. The molecule has 0 aromatic heterocycles. The van der Waals surface area contributed by atoms with Crippen molar-refractivity contribution < 1.29 is 41.0 Å². The smallest absolute Gasteiger partial charge is 0.342 e. The van der Waals surface area contributed by atoms with Gasteiger partial charge in [0.05, 0.1) is 18.8 Å². The van der Waals surface area contributed by atoms with Crippen LogP contribution in [0.5, 0.6) is 11.5 Å². The van der Waals surface area contributed by atoms with Crippen LogP contribution in [0.15, 0.2) is 42.5 Å². The molecule has 0 spiro atoms. The molecule has 3 aromatic carbocycles. The highest BCUT2D eigenvalue weighted by Crippen LogP contribution is 2.38. The average molecular weight is 520 g/mol. The Morgan fingerprint density at radius 3 is 1.97 bits per heavy atom. The second-order valence-electron chi connectivity index (χ2n) is 8.58. The molecule has 37 heavy (non-hydrogen) atoms. The Morgan fingerprint density at radius 2 is 1.32 bits per heavy atom. The lowest BCUT2D eigenvalue weighted by molar-refractivity contribution is 0.0457. The number of carbonyl (C=O) groups excluding carboxylic acids is 1. The van der Waals surface area contributed by atoms with E-state index < -0.39 is 47.2 Å². The Labute approximate surface area is 210 Å². The van der Waals surface area contributed by atoms with Crippen LogP contribution in [0, 0.1) is 29.1 Å². The molecule has 4 rings (SSSR count). The molecule has 0 amide bonds. The largest absolute Gasteiger partial charge is 0.493 e. The molecule has 196 valence electrons. The quantitative estimate of drug-likeness (QED) is 0.118. The van der Waals surface area contributed by atoms with Gasteiger partial charge in [-0.2, -0.15) is 0 Å². The Morgan fingerprint density at radius 1 is 0.757 bits per heavy atom. The van der Waals surface area contributed by atoms with E-state index in [1.165, 1.54) is 6.07 Å². The molecule has 1 aliphatic rings. The first-order chi connectivity index (χ1) is 17.9. The minimum Gasteiger partial charge on any atom is -0.493 e. The highest BCUT2D eigenvalue weighted by molar-refractivity contribution is 6.04. The summed E-state index contributed by atoms with van der Waals surface area (Å²) >= 11 is 0. The van der Waals surface area contributed by atoms with Crippen LogP contribution in [0.1, 0.15) is 54.4 Å². The van der Waals surface area contributed by atoms with Gasteiger partial charge in [-0.25, -0.2) is 26.7 Å². The summed E-state index contributed by atoms with van der Waals surface area (Å²) in [4.78, 5) is 13.1. The minimum atomic E-state index is -2.28. The minimum absolute atomic E-state index is 0.0791. The predicted molar refractivity (Wildman–Crippen MR) is 127 cm³/mol. The summed E-state index contributed by atoms with van der Waals surface area (Å²) in [6, 6.07) is 8.54. The van der Waals surface area contributed by atoms with Gasteiger partial charge < -0.3 is 14.2 Å². The van der Waals surface area contributed by atoms with Crippen molar-refractivity contribution in [3.8, 4) is 11.5 Å². The normalized spacial score (nSPS) is 15.7. The fraction of sp³-hybridized carbons (Fsp3) is 0.321. The maximum atomic E-state index is 14.1. The van der Waals surface area contributed by atoms with Gasteiger partial charge in [-0.15, -0.1) is 0 Å². The molecule has 1 aliphatic heterocycles. The summed E-state index contributed by atoms with van der Waals surface area (Å²) in [5.41, 5.74) is -1.32. The van der Waals surface area contributed by atoms with E-state index in [1.807, 2.05) is 12.1 Å². The molecular weight excluding hydrogens is 495 g/mol. The van der Waals surface area contributed by atoms with Crippen LogP contribution in [0.25, 0.3) is 10.8 Å². The third kappa shape index (κ3) is 5.87. The standard InChI is InChI=1S/C28H25F5O4/c29-22-20(23(30)25(32)26(33)24(22)31)16-37-28(34)19-15-21-17-11-7-8-12-18(17)27(19)36-14-10-6-4-2-1-3-5-9-13-35-21/h1-2,7-8,11-12,15H,3-6,9-10,13-14,16H2/b2-1-. The highest BCUT2D eigenvalue weighted by atomic mass is 19.2. The molecule has 4 nitrogen and oxygen atoms in total. The van der Waals surface area contributed by atoms with Gasteiger partial charge in [-0.3, -0.25) is 0 Å². The van der Waals surface area contributed by atoms with E-state index in [-0.39, 0.29) is 17.9 Å². The number of allylic oxidation sites excluding steroid dienone is 2. The summed E-state index contributed by atoms with van der Waals surface area (Å²) in [5, 5.41) is 1.26. The van der Waals surface area contributed by atoms with Crippen molar-refractivity contribution in [2.45, 2.75) is 45.1 Å². The fourth-order valence-electron chi connectivity index (χ4n) is 4.06. The maximum absolute atomic E-state index is 14.1. The van der Waals surface area contributed by atoms with Crippen LogP contribution in [0.4, 0.5) is 22.0 Å². The Hall–Kier alpha value is -3.62. The topological polar surface area (TPSA) is 44.8 Å². The van der Waals surface area contributed by atoms with Gasteiger partial charge in [0.1, 0.15) is 23.7 Å². The van der Waals surface area contributed by atoms with E-state index in [2.05, 4.69) is 12.2 Å². The number of ether oxygens (including phenoxy) is 3. The Kier molecular flexibility index (Phi) is 8.63. The SMILES string of the molecule is O=C(OCc1c(F)c(F)c(F)c(F)c1F)c1cc2c3ccccc3c1OCCCC/C=C\CCCCO2. The summed E-state index contributed by atoms with van der Waals surface area (Å²) in [6.45, 7) is -0.494. The first-order valence-electron chi connectivity index (χ1n) is 12.0. The van der Waals surface area contributed by atoms with Gasteiger partial charge in [0.2, 0.25) is 5.82 Å². The molecule has 9 heteroatoms. The second kappa shape index (κ2) is 12.1. The molecule has 0 saturated carbocycles. The summed E-state index contributed by atoms with van der Waals surface area (Å²) in [5.74, 6) is -11.1. The van der Waals surface area contributed by atoms with Gasteiger partial charge in [0.25, 0.3) is 0 Å². The average Bonchev–Trinajstić information content (AvgIpc) is 2.90. The molecule has 0 saturated heterocycles. The molecule has 0 unspecified atom stereocenters. The molecular formula is C28H25F5O4. The molecule has 0 fully saturated rings. The molecule has 1 heterocycles.